The molecule has 0 atom stereocenters. The Morgan fingerprint density at radius 1 is 1.45 bits per heavy atom. The maximum absolute atomic E-state index is 11.8. The van der Waals surface area contributed by atoms with Crippen molar-refractivity contribution in [2.75, 3.05) is 12.4 Å². The van der Waals surface area contributed by atoms with E-state index in [1.807, 2.05) is 0 Å². The number of carbonyl (C=O) groups is 1. The lowest BCUT2D eigenvalue weighted by Crippen LogP contribution is -2.12. The average Bonchev–Trinajstić information content (AvgIpc) is 2.91. The van der Waals surface area contributed by atoms with Gasteiger partial charge in [0.05, 0.1) is 7.11 Å². The second-order valence-corrected chi connectivity index (χ2v) is 6.69. The largest absolute Gasteiger partial charge is 0.495 e. The molecule has 1 heterocycles. The third kappa shape index (κ3) is 3.24. The van der Waals surface area contributed by atoms with Gasteiger partial charge in [0.1, 0.15) is 10.6 Å². The molecule has 0 aliphatic heterocycles. The highest BCUT2D eigenvalue weighted by Crippen LogP contribution is 2.29. The van der Waals surface area contributed by atoms with Gasteiger partial charge in [0.25, 0.3) is 15.0 Å². The van der Waals surface area contributed by atoms with Crippen molar-refractivity contribution >= 4 is 42.9 Å². The van der Waals surface area contributed by atoms with Crippen LogP contribution in [0.4, 0.5) is 5.69 Å². The predicted molar refractivity (Wildman–Crippen MR) is 73.9 cm³/mol. The molecule has 1 aromatic carbocycles. The Balaban J connectivity index is 2.33. The zero-order valence-corrected chi connectivity index (χ0v) is 12.4. The second-order valence-electron chi connectivity index (χ2n) is 3.55. The summed E-state index contributed by atoms with van der Waals surface area (Å²) in [7, 11) is 2.64. The van der Waals surface area contributed by atoms with E-state index in [9.17, 15) is 13.2 Å². The lowest BCUT2D eigenvalue weighted by atomic mass is 10.3. The minimum Gasteiger partial charge on any atom is -0.495 e. The van der Waals surface area contributed by atoms with E-state index in [1.165, 1.54) is 30.7 Å². The third-order valence-electron chi connectivity index (χ3n) is 2.28. The van der Waals surface area contributed by atoms with Crippen molar-refractivity contribution in [3.8, 4) is 5.75 Å². The first-order valence-electron chi connectivity index (χ1n) is 5.13. The van der Waals surface area contributed by atoms with Crippen LogP contribution in [0, 0.1) is 0 Å². The van der Waals surface area contributed by atoms with Crippen molar-refractivity contribution < 1.29 is 17.9 Å². The standard InChI is InChI=1S/C10H8ClN3O4S2/c1-18-8-3-2-6(4-9(8)20(11,16)17)12-10(15)7-5-19-14-13-7/h2-5H,1H3,(H,12,15). The smallest absolute Gasteiger partial charge is 0.277 e. The molecule has 2 aromatic rings. The normalized spacial score (nSPS) is 11.1. The molecule has 0 aliphatic carbocycles. The van der Waals surface area contributed by atoms with Gasteiger partial charge in [0.2, 0.25) is 0 Å². The number of benzene rings is 1. The summed E-state index contributed by atoms with van der Waals surface area (Å²) in [4.78, 5) is 11.5. The number of nitrogens with one attached hydrogen (secondary N) is 1. The molecule has 0 unspecified atom stereocenters. The van der Waals surface area contributed by atoms with Gasteiger partial charge in [0, 0.05) is 21.7 Å². The number of hydrogen-bond donors (Lipinski definition) is 1. The van der Waals surface area contributed by atoms with Crippen molar-refractivity contribution in [1.82, 2.24) is 9.59 Å². The molecule has 7 nitrogen and oxygen atoms in total. The average molecular weight is 334 g/mol. The molecule has 0 saturated heterocycles. The van der Waals surface area contributed by atoms with Crippen LogP contribution in [0.15, 0.2) is 28.5 Å². The van der Waals surface area contributed by atoms with Crippen molar-refractivity contribution in [2.45, 2.75) is 4.90 Å². The molecule has 1 aromatic heterocycles. The highest BCUT2D eigenvalue weighted by atomic mass is 35.7. The quantitative estimate of drug-likeness (QED) is 0.855. The Kier molecular flexibility index (Phi) is 4.21. The van der Waals surface area contributed by atoms with Crippen molar-refractivity contribution in [2.24, 2.45) is 0 Å². The minimum absolute atomic E-state index is 0.0910. The van der Waals surface area contributed by atoms with E-state index in [4.69, 9.17) is 15.4 Å². The highest BCUT2D eigenvalue weighted by molar-refractivity contribution is 8.13. The predicted octanol–water partition coefficient (Wildman–Crippen LogP) is 1.73. The highest BCUT2D eigenvalue weighted by Gasteiger charge is 2.18. The monoisotopic (exact) mass is 333 g/mol. The Morgan fingerprint density at radius 2 is 2.20 bits per heavy atom. The van der Waals surface area contributed by atoms with E-state index < -0.39 is 15.0 Å². The molecule has 0 spiro atoms. The number of anilines is 1. The zero-order chi connectivity index (χ0) is 14.8. The van der Waals surface area contributed by atoms with E-state index in [0.717, 1.165) is 11.5 Å². The van der Waals surface area contributed by atoms with Crippen molar-refractivity contribution in [1.29, 1.82) is 0 Å². The molecule has 0 fully saturated rings. The Bertz CT molecular complexity index is 731. The van der Waals surface area contributed by atoms with Crippen LogP contribution >= 0.6 is 22.2 Å². The SMILES string of the molecule is COc1ccc(NC(=O)c2csnn2)cc1S(=O)(=O)Cl. The van der Waals surface area contributed by atoms with Gasteiger partial charge in [-0.25, -0.2) is 8.42 Å². The lowest BCUT2D eigenvalue weighted by molar-refractivity contribution is 0.102. The fraction of sp³-hybridized carbons (Fsp3) is 0.100. The number of methoxy groups -OCH3 is 1. The summed E-state index contributed by atoms with van der Waals surface area (Å²) in [6.45, 7) is 0. The maximum Gasteiger partial charge on any atom is 0.277 e. The molecule has 0 saturated carbocycles. The number of halogens is 1. The molecule has 106 valence electrons. The van der Waals surface area contributed by atoms with Gasteiger partial charge >= 0.3 is 0 Å². The van der Waals surface area contributed by atoms with E-state index in [1.54, 1.807) is 0 Å². The Morgan fingerprint density at radius 3 is 2.75 bits per heavy atom. The summed E-state index contributed by atoms with van der Waals surface area (Å²) < 4.78 is 31.3. The summed E-state index contributed by atoms with van der Waals surface area (Å²) in [5.74, 6) is -0.407. The van der Waals surface area contributed by atoms with Gasteiger partial charge in [0.15, 0.2) is 5.69 Å². The molecule has 20 heavy (non-hydrogen) atoms. The molecular formula is C10H8ClN3O4S2. The van der Waals surface area contributed by atoms with Gasteiger partial charge in [-0.3, -0.25) is 4.79 Å². The number of aromatic nitrogens is 2. The van der Waals surface area contributed by atoms with Crippen LogP contribution in [0.1, 0.15) is 10.5 Å². The number of ether oxygens (including phenoxy) is 1. The summed E-state index contributed by atoms with van der Waals surface area (Å²) >= 11 is 1.03. The number of nitrogens with zero attached hydrogens (tertiary/aromatic N) is 2. The van der Waals surface area contributed by atoms with Crippen LogP contribution in [0.3, 0.4) is 0 Å². The van der Waals surface area contributed by atoms with Crippen LogP contribution in [-0.2, 0) is 9.05 Å². The second kappa shape index (κ2) is 5.73. The minimum atomic E-state index is -3.99. The molecule has 0 radical (unpaired) electrons. The number of hydrogen-bond acceptors (Lipinski definition) is 7. The molecular weight excluding hydrogens is 326 g/mol. The molecule has 0 bridgehead atoms. The van der Waals surface area contributed by atoms with Crippen molar-refractivity contribution in [3.05, 3.63) is 29.3 Å². The first kappa shape index (κ1) is 14.7. The Labute approximate surface area is 123 Å². The topological polar surface area (TPSA) is 98.2 Å². The number of rotatable bonds is 4. The van der Waals surface area contributed by atoms with Gasteiger partial charge in [-0.1, -0.05) is 4.49 Å². The van der Waals surface area contributed by atoms with E-state index in [-0.39, 0.29) is 22.0 Å². The van der Waals surface area contributed by atoms with Crippen LogP contribution in [0.2, 0.25) is 0 Å². The van der Waals surface area contributed by atoms with Gasteiger partial charge < -0.3 is 10.1 Å². The van der Waals surface area contributed by atoms with Crippen LogP contribution in [0.25, 0.3) is 0 Å². The fourth-order valence-electron chi connectivity index (χ4n) is 1.40. The fourth-order valence-corrected chi connectivity index (χ4v) is 2.86. The molecule has 0 aliphatic rings. The molecule has 1 N–H and O–H groups in total. The summed E-state index contributed by atoms with van der Waals surface area (Å²) in [6.07, 6.45) is 0. The van der Waals surface area contributed by atoms with Crippen LogP contribution in [-0.4, -0.2) is 31.0 Å². The molecule has 1 amide bonds. The van der Waals surface area contributed by atoms with Gasteiger partial charge in [-0.2, -0.15) is 0 Å². The van der Waals surface area contributed by atoms with E-state index in [0.29, 0.717) is 0 Å². The number of amides is 1. The molecule has 10 heteroatoms. The third-order valence-corrected chi connectivity index (χ3v) is 4.12. The zero-order valence-electron chi connectivity index (χ0n) is 10.0. The summed E-state index contributed by atoms with van der Waals surface area (Å²) in [6, 6.07) is 4.09. The van der Waals surface area contributed by atoms with Gasteiger partial charge in [-0.05, 0) is 29.7 Å². The van der Waals surface area contributed by atoms with Crippen LogP contribution < -0.4 is 10.1 Å². The maximum atomic E-state index is 11.8. The first-order valence-corrected chi connectivity index (χ1v) is 8.27. The first-order chi connectivity index (χ1) is 9.41. The summed E-state index contributed by atoms with van der Waals surface area (Å²) in [5.41, 5.74) is 0.393. The van der Waals surface area contributed by atoms with Crippen LogP contribution in [0.5, 0.6) is 5.75 Å². The van der Waals surface area contributed by atoms with E-state index >= 15 is 0 Å². The summed E-state index contributed by atoms with van der Waals surface area (Å²) in [5, 5.41) is 7.57. The van der Waals surface area contributed by atoms with Crippen molar-refractivity contribution in [3.63, 3.8) is 0 Å². The van der Waals surface area contributed by atoms with E-state index in [2.05, 4.69) is 14.9 Å². The Hall–Kier alpha value is -1.71. The number of carbonyl (C=O) groups excluding carboxylic acids is 1. The van der Waals surface area contributed by atoms with Gasteiger partial charge in [-0.15, -0.1) is 5.10 Å². The molecule has 2 rings (SSSR count). The lowest BCUT2D eigenvalue weighted by Gasteiger charge is -2.08.